The van der Waals surface area contributed by atoms with Crippen LogP contribution in [0.5, 0.6) is 57.5 Å². The Hall–Kier alpha value is -8.59. The highest BCUT2D eigenvalue weighted by atomic mass is 16.7. The zero-order valence-electron chi connectivity index (χ0n) is 31.2. The smallest absolute Gasteiger partial charge is 0.340 e. The predicted octanol–water partition coefficient (Wildman–Crippen LogP) is 3.16. The molecule has 0 amide bonds. The van der Waals surface area contributed by atoms with Gasteiger partial charge < -0.3 is 79.5 Å². The minimum Gasteiger partial charge on any atom is -0.508 e. The van der Waals surface area contributed by atoms with Crippen LogP contribution in [0.3, 0.4) is 0 Å². The summed E-state index contributed by atoms with van der Waals surface area (Å²) in [5.41, 5.74) is -2.65. The van der Waals surface area contributed by atoms with Crippen molar-refractivity contribution in [2.75, 3.05) is 6.61 Å². The second kappa shape index (κ2) is 17.7. The molecule has 21 heteroatoms. The lowest BCUT2D eigenvalue weighted by atomic mass is 9.97. The Morgan fingerprint density at radius 2 is 0.613 bits per heavy atom. The van der Waals surface area contributed by atoms with Crippen molar-refractivity contribution < 1.29 is 103 Å². The zero-order valence-corrected chi connectivity index (χ0v) is 31.2. The Morgan fingerprint density at radius 1 is 0.355 bits per heavy atom. The van der Waals surface area contributed by atoms with Crippen molar-refractivity contribution in [3.05, 3.63) is 119 Å². The monoisotopic (exact) mass is 860 g/mol. The Bertz CT molecular complexity index is 2470. The first kappa shape index (κ1) is 43.0. The summed E-state index contributed by atoms with van der Waals surface area (Å²) in [7, 11) is 0. The molecule has 0 radical (unpaired) electrons. The Balaban J connectivity index is 1.49. The molecule has 0 aromatic heterocycles. The Kier molecular flexibility index (Phi) is 12.3. The maximum absolute atomic E-state index is 13.9. The van der Waals surface area contributed by atoms with Gasteiger partial charge in [0.15, 0.2) is 12.2 Å². The first-order valence-corrected chi connectivity index (χ1v) is 17.6. The van der Waals surface area contributed by atoms with Crippen molar-refractivity contribution in [3.8, 4) is 57.5 Å². The fourth-order valence-corrected chi connectivity index (χ4v) is 6.06. The summed E-state index contributed by atoms with van der Waals surface area (Å²) >= 11 is 0. The van der Waals surface area contributed by atoms with Gasteiger partial charge in [0.1, 0.15) is 70.2 Å². The van der Waals surface area contributed by atoms with Gasteiger partial charge in [0.25, 0.3) is 0 Å². The van der Waals surface area contributed by atoms with E-state index in [1.807, 2.05) is 0 Å². The van der Waals surface area contributed by atoms with E-state index in [9.17, 15) is 75.0 Å². The Labute approximate surface area is 346 Å². The molecule has 3 unspecified atom stereocenters. The molecule has 10 N–H and O–H groups in total. The van der Waals surface area contributed by atoms with E-state index >= 15 is 0 Å². The molecule has 1 aliphatic rings. The topological polar surface area (TPSA) is 343 Å². The fraction of sp³-hybridized carbons (Fsp3) is 0.146. The van der Waals surface area contributed by atoms with E-state index in [1.165, 1.54) is 0 Å². The SMILES string of the molecule is O=C(OCC1OC(OC(=O)c2cc(O)cc(O)c2)[C@H](OC(=O)c2cc(O)cc(O)c2)C(OC(=O)c2cc(O)cc(O)c2)[C@@H]1OC(=O)c1cc(O)cc(O)c1)c1cc(O)cc(O)c1. The minimum atomic E-state index is -2.33. The van der Waals surface area contributed by atoms with Gasteiger partial charge in [-0.1, -0.05) is 0 Å². The van der Waals surface area contributed by atoms with Crippen LogP contribution in [-0.2, 0) is 28.4 Å². The largest absolute Gasteiger partial charge is 0.508 e. The highest BCUT2D eigenvalue weighted by Crippen LogP contribution is 2.35. The van der Waals surface area contributed by atoms with Crippen molar-refractivity contribution in [1.29, 1.82) is 0 Å². The van der Waals surface area contributed by atoms with Crippen LogP contribution in [0.15, 0.2) is 91.0 Å². The summed E-state index contributed by atoms with van der Waals surface area (Å²) in [4.78, 5) is 68.2. The summed E-state index contributed by atoms with van der Waals surface area (Å²) < 4.78 is 33.9. The number of benzene rings is 5. The molecule has 0 bridgehead atoms. The molecular formula is C41H32O21. The van der Waals surface area contributed by atoms with Gasteiger partial charge in [0.2, 0.25) is 12.4 Å². The average molecular weight is 861 g/mol. The van der Waals surface area contributed by atoms with Crippen LogP contribution < -0.4 is 0 Å². The molecule has 5 aromatic rings. The van der Waals surface area contributed by atoms with Crippen LogP contribution in [0.25, 0.3) is 0 Å². The second-order valence-electron chi connectivity index (χ2n) is 13.3. The molecule has 1 fully saturated rings. The fourth-order valence-electron chi connectivity index (χ4n) is 6.06. The maximum Gasteiger partial charge on any atom is 0.340 e. The van der Waals surface area contributed by atoms with Gasteiger partial charge >= 0.3 is 29.8 Å². The van der Waals surface area contributed by atoms with Gasteiger partial charge in [-0.3, -0.25) is 0 Å². The molecule has 21 nitrogen and oxygen atoms in total. The normalized spacial score (nSPS) is 18.2. The summed E-state index contributed by atoms with van der Waals surface area (Å²) in [6, 6.07) is 12.8. The Morgan fingerprint density at radius 3 is 0.935 bits per heavy atom. The third kappa shape index (κ3) is 10.3. The number of phenols is 10. The van der Waals surface area contributed by atoms with Gasteiger partial charge in [-0.05, 0) is 60.7 Å². The van der Waals surface area contributed by atoms with Crippen molar-refractivity contribution >= 4 is 29.8 Å². The average Bonchev–Trinajstić information content (AvgIpc) is 3.17. The van der Waals surface area contributed by atoms with Crippen LogP contribution in [0.1, 0.15) is 51.8 Å². The number of hydrogen-bond donors (Lipinski definition) is 10. The second-order valence-corrected chi connectivity index (χ2v) is 13.3. The summed E-state index contributed by atoms with van der Waals surface area (Å²) in [5.74, 6) is -13.2. The number of carbonyl (C=O) groups is 5. The quantitative estimate of drug-likeness (QED) is 0.0673. The van der Waals surface area contributed by atoms with E-state index in [0.29, 0.717) is 0 Å². The van der Waals surface area contributed by atoms with Crippen LogP contribution in [0.4, 0.5) is 0 Å². The first-order chi connectivity index (χ1) is 29.3. The maximum atomic E-state index is 13.9. The zero-order chi connectivity index (χ0) is 45.0. The lowest BCUT2D eigenvalue weighted by Gasteiger charge is -2.43. The predicted molar refractivity (Wildman–Crippen MR) is 201 cm³/mol. The molecule has 1 heterocycles. The van der Waals surface area contributed by atoms with Crippen molar-refractivity contribution in [3.63, 3.8) is 0 Å². The number of ether oxygens (including phenoxy) is 6. The van der Waals surface area contributed by atoms with Gasteiger partial charge in [0.05, 0.1) is 27.8 Å². The molecule has 322 valence electrons. The number of hydrogen-bond acceptors (Lipinski definition) is 21. The van der Waals surface area contributed by atoms with E-state index in [-0.39, 0.29) is 0 Å². The lowest BCUT2D eigenvalue weighted by Crippen LogP contribution is -2.63. The molecule has 1 aliphatic heterocycles. The number of rotatable bonds is 11. The van der Waals surface area contributed by atoms with Gasteiger partial charge in [-0.2, -0.15) is 0 Å². The summed E-state index contributed by atoms with van der Waals surface area (Å²) in [6.45, 7) is -1.05. The standard InChI is InChI=1S/C41H32O21/c42-22-1-17(2-23(43)11-22)36(52)57-16-32-33(59-37(53)18-3-24(44)12-25(45)4-18)34(60-38(54)19-5-26(46)13-27(47)6-19)35(61-39(55)20-7-28(48)14-29(49)8-20)41(58-32)62-40(56)21-9-30(50)15-31(51)10-21/h1-15,32-35,41-51H,16H2/t32?,33-,34?,35-,41?/m1/s1. The van der Waals surface area contributed by atoms with E-state index in [1.54, 1.807) is 0 Å². The van der Waals surface area contributed by atoms with Gasteiger partial charge in [0, 0.05) is 30.3 Å². The number of aromatic hydroxyl groups is 10. The molecule has 0 spiro atoms. The molecule has 5 atom stereocenters. The number of phenolic OH excluding ortho intramolecular Hbond substituents is 10. The first-order valence-electron chi connectivity index (χ1n) is 17.6. The van der Waals surface area contributed by atoms with E-state index in [0.717, 1.165) is 91.0 Å². The summed E-state index contributed by atoms with van der Waals surface area (Å²) in [5, 5.41) is 101. The van der Waals surface area contributed by atoms with E-state index in [2.05, 4.69) is 0 Å². The minimum absolute atomic E-state index is 0.429. The van der Waals surface area contributed by atoms with Gasteiger partial charge in [-0.15, -0.1) is 0 Å². The molecular weight excluding hydrogens is 828 g/mol. The molecule has 6 rings (SSSR count). The van der Waals surface area contributed by atoms with Crippen molar-refractivity contribution in [1.82, 2.24) is 0 Å². The lowest BCUT2D eigenvalue weighted by molar-refractivity contribution is -0.282. The van der Waals surface area contributed by atoms with E-state index < -0.39 is 152 Å². The van der Waals surface area contributed by atoms with E-state index in [4.69, 9.17) is 28.4 Å². The van der Waals surface area contributed by atoms with Crippen LogP contribution in [0.2, 0.25) is 0 Å². The molecule has 62 heavy (non-hydrogen) atoms. The third-order valence-corrected chi connectivity index (χ3v) is 8.61. The van der Waals surface area contributed by atoms with Crippen LogP contribution in [0, 0.1) is 0 Å². The molecule has 0 aliphatic carbocycles. The van der Waals surface area contributed by atoms with Crippen molar-refractivity contribution in [2.24, 2.45) is 0 Å². The summed E-state index contributed by atoms with van der Waals surface area (Å²) in [6.07, 6.45) is -11.0. The van der Waals surface area contributed by atoms with Crippen molar-refractivity contribution in [2.45, 2.75) is 30.7 Å². The van der Waals surface area contributed by atoms with Crippen LogP contribution in [-0.4, -0.2) is 118 Å². The van der Waals surface area contributed by atoms with Gasteiger partial charge in [-0.25, -0.2) is 24.0 Å². The highest BCUT2D eigenvalue weighted by Gasteiger charge is 2.55. The third-order valence-electron chi connectivity index (χ3n) is 8.61. The molecule has 5 aromatic carbocycles. The number of carbonyl (C=O) groups excluding carboxylic acids is 5. The molecule has 0 saturated carbocycles. The molecule has 1 saturated heterocycles. The van der Waals surface area contributed by atoms with Crippen LogP contribution >= 0.6 is 0 Å². The number of esters is 5. The highest BCUT2D eigenvalue weighted by molar-refractivity contribution is 5.93.